The zero-order valence-corrected chi connectivity index (χ0v) is 8.88. The molecule has 1 aliphatic carbocycles. The summed E-state index contributed by atoms with van der Waals surface area (Å²) in [6.45, 7) is 9.85. The monoisotopic (exact) mass is 164 g/mol. The first-order valence-electron chi connectivity index (χ1n) is 5.61. The van der Waals surface area contributed by atoms with Crippen molar-refractivity contribution in [2.45, 2.75) is 45.8 Å². The summed E-state index contributed by atoms with van der Waals surface area (Å²) < 4.78 is 0. The van der Waals surface area contributed by atoms with E-state index in [4.69, 9.17) is 0 Å². The van der Waals surface area contributed by atoms with E-state index in [1.165, 1.54) is 7.28 Å². The van der Waals surface area contributed by atoms with Crippen molar-refractivity contribution in [3.8, 4) is 0 Å². The van der Waals surface area contributed by atoms with Gasteiger partial charge in [0.2, 0.25) is 0 Å². The van der Waals surface area contributed by atoms with Crippen molar-refractivity contribution >= 4 is 7.28 Å². The third kappa shape index (κ3) is 1.22. The molecule has 68 valence electrons. The molecule has 1 saturated carbocycles. The van der Waals surface area contributed by atoms with Crippen LogP contribution in [0.1, 0.15) is 34.1 Å². The molecule has 0 amide bonds. The first kappa shape index (κ1) is 8.65. The maximum atomic E-state index is 2.48. The molecule has 1 aliphatic heterocycles. The van der Waals surface area contributed by atoms with Gasteiger partial charge in [-0.05, 0) is 30.1 Å². The summed E-state index contributed by atoms with van der Waals surface area (Å²) in [6, 6.07) is 0. The Morgan fingerprint density at radius 3 is 2.17 bits per heavy atom. The lowest BCUT2D eigenvalue weighted by molar-refractivity contribution is 0.332. The first-order chi connectivity index (χ1) is 5.61. The van der Waals surface area contributed by atoms with E-state index in [1.807, 2.05) is 0 Å². The van der Waals surface area contributed by atoms with Crippen molar-refractivity contribution in [1.82, 2.24) is 0 Å². The van der Waals surface area contributed by atoms with E-state index >= 15 is 0 Å². The summed E-state index contributed by atoms with van der Waals surface area (Å²) in [5.41, 5.74) is 0. The van der Waals surface area contributed by atoms with Gasteiger partial charge in [0.15, 0.2) is 0 Å². The van der Waals surface area contributed by atoms with Crippen LogP contribution in [-0.2, 0) is 0 Å². The average Bonchev–Trinajstić information content (AvgIpc) is 2.79. The Balaban J connectivity index is 2.11. The normalized spacial score (nSPS) is 58.3. The topological polar surface area (TPSA) is 0 Å². The van der Waals surface area contributed by atoms with E-state index in [-0.39, 0.29) is 0 Å². The smallest absolute Gasteiger partial charge is 0.0691 e. The van der Waals surface area contributed by atoms with E-state index in [1.54, 1.807) is 6.42 Å². The second-order valence-corrected chi connectivity index (χ2v) is 5.47. The van der Waals surface area contributed by atoms with Crippen molar-refractivity contribution in [3.63, 3.8) is 0 Å². The van der Waals surface area contributed by atoms with Gasteiger partial charge in [-0.2, -0.15) is 0 Å². The third-order valence-electron chi connectivity index (χ3n) is 4.77. The summed E-state index contributed by atoms with van der Waals surface area (Å²) in [4.78, 5) is 0. The maximum absolute atomic E-state index is 2.48. The molecular formula is C11H21B. The van der Waals surface area contributed by atoms with Crippen LogP contribution in [-0.4, -0.2) is 7.28 Å². The Kier molecular flexibility index (Phi) is 2.01. The van der Waals surface area contributed by atoms with Crippen LogP contribution < -0.4 is 0 Å². The highest BCUT2D eigenvalue weighted by Gasteiger charge is 2.49. The number of hydrogen-bond donors (Lipinski definition) is 0. The Bertz CT molecular complexity index is 172. The molecular weight excluding hydrogens is 143 g/mol. The Labute approximate surface area is 77.4 Å². The van der Waals surface area contributed by atoms with Crippen molar-refractivity contribution < 1.29 is 0 Å². The molecule has 1 heterocycles. The predicted octanol–water partition coefficient (Wildman–Crippen LogP) is 2.96. The molecule has 6 atom stereocenters. The molecule has 0 N–H and O–H groups in total. The summed E-state index contributed by atoms with van der Waals surface area (Å²) in [5.74, 6) is 6.13. The SMILES string of the molecule is CC1BC(C)C2C[C@H]2C(C)C1C. The van der Waals surface area contributed by atoms with Crippen molar-refractivity contribution in [1.29, 1.82) is 0 Å². The van der Waals surface area contributed by atoms with Crippen LogP contribution in [0.3, 0.4) is 0 Å². The fraction of sp³-hybridized carbons (Fsp3) is 1.00. The predicted molar refractivity (Wildman–Crippen MR) is 55.9 cm³/mol. The minimum Gasteiger partial charge on any atom is -0.0691 e. The summed E-state index contributed by atoms with van der Waals surface area (Å²) in [7, 11) is 1.48. The Morgan fingerprint density at radius 1 is 0.833 bits per heavy atom. The molecule has 0 bridgehead atoms. The summed E-state index contributed by atoms with van der Waals surface area (Å²) in [6.07, 6.45) is 1.54. The van der Waals surface area contributed by atoms with E-state index in [2.05, 4.69) is 27.7 Å². The summed E-state index contributed by atoms with van der Waals surface area (Å²) >= 11 is 0. The lowest BCUT2D eigenvalue weighted by atomic mass is 9.52. The van der Waals surface area contributed by atoms with Gasteiger partial charge in [0, 0.05) is 0 Å². The fourth-order valence-corrected chi connectivity index (χ4v) is 3.38. The first-order valence-corrected chi connectivity index (χ1v) is 5.61. The highest BCUT2D eigenvalue weighted by atomic mass is 14.5. The highest BCUT2D eigenvalue weighted by molar-refractivity contribution is 6.39. The van der Waals surface area contributed by atoms with Crippen LogP contribution in [0.4, 0.5) is 0 Å². The molecule has 0 radical (unpaired) electrons. The highest BCUT2D eigenvalue weighted by Crippen LogP contribution is 2.57. The van der Waals surface area contributed by atoms with Gasteiger partial charge in [0.05, 0.1) is 0 Å². The number of rotatable bonds is 0. The van der Waals surface area contributed by atoms with Gasteiger partial charge in [-0.1, -0.05) is 39.3 Å². The number of hydrogen-bond acceptors (Lipinski definition) is 0. The molecule has 2 aliphatic rings. The second-order valence-electron chi connectivity index (χ2n) is 5.47. The van der Waals surface area contributed by atoms with Crippen molar-refractivity contribution in [2.24, 2.45) is 23.7 Å². The summed E-state index contributed by atoms with van der Waals surface area (Å²) in [5, 5.41) is 0. The molecule has 2 rings (SSSR count). The molecule has 1 heteroatoms. The van der Waals surface area contributed by atoms with Crippen LogP contribution in [0, 0.1) is 23.7 Å². The standard InChI is InChI=1S/C11H21B/c1-6-7(2)10-5-11(10)9(4)12-8(6)3/h6-12H,5H2,1-4H3/t6?,7?,8?,9?,10-,11?/m0/s1. The van der Waals surface area contributed by atoms with Crippen LogP contribution in [0.15, 0.2) is 0 Å². The zero-order chi connectivity index (χ0) is 8.88. The van der Waals surface area contributed by atoms with Gasteiger partial charge in [-0.15, -0.1) is 0 Å². The lowest BCUT2D eigenvalue weighted by Gasteiger charge is -2.24. The van der Waals surface area contributed by atoms with Crippen LogP contribution >= 0.6 is 0 Å². The fourth-order valence-electron chi connectivity index (χ4n) is 3.38. The molecule has 12 heavy (non-hydrogen) atoms. The van der Waals surface area contributed by atoms with E-state index < -0.39 is 0 Å². The molecule has 2 fully saturated rings. The molecule has 0 spiro atoms. The van der Waals surface area contributed by atoms with Crippen molar-refractivity contribution in [3.05, 3.63) is 0 Å². The average molecular weight is 164 g/mol. The lowest BCUT2D eigenvalue weighted by Crippen LogP contribution is -2.16. The molecule has 0 aromatic carbocycles. The van der Waals surface area contributed by atoms with Gasteiger partial charge in [0.1, 0.15) is 7.28 Å². The second kappa shape index (κ2) is 2.78. The Morgan fingerprint density at radius 2 is 1.50 bits per heavy atom. The van der Waals surface area contributed by atoms with Gasteiger partial charge in [0.25, 0.3) is 0 Å². The maximum Gasteiger partial charge on any atom is 0.127 e. The molecule has 0 aromatic heterocycles. The van der Waals surface area contributed by atoms with Crippen LogP contribution in [0.2, 0.25) is 11.6 Å². The van der Waals surface area contributed by atoms with Gasteiger partial charge in [-0.3, -0.25) is 0 Å². The van der Waals surface area contributed by atoms with Crippen molar-refractivity contribution in [2.75, 3.05) is 0 Å². The molecule has 0 nitrogen and oxygen atoms in total. The van der Waals surface area contributed by atoms with E-state index in [0.717, 1.165) is 35.3 Å². The van der Waals surface area contributed by atoms with Crippen LogP contribution in [0.5, 0.6) is 0 Å². The largest absolute Gasteiger partial charge is 0.127 e. The van der Waals surface area contributed by atoms with Gasteiger partial charge >= 0.3 is 0 Å². The molecule has 5 unspecified atom stereocenters. The minimum absolute atomic E-state index is 0.961. The quantitative estimate of drug-likeness (QED) is 0.483. The van der Waals surface area contributed by atoms with Gasteiger partial charge < -0.3 is 0 Å². The van der Waals surface area contributed by atoms with E-state index in [9.17, 15) is 0 Å². The Hall–Kier alpha value is 0.0649. The third-order valence-corrected chi connectivity index (χ3v) is 4.77. The number of fused-ring (bicyclic) bond motifs is 1. The van der Waals surface area contributed by atoms with Crippen LogP contribution in [0.25, 0.3) is 0 Å². The molecule has 1 saturated heterocycles. The molecule has 0 aromatic rings. The van der Waals surface area contributed by atoms with Gasteiger partial charge in [-0.25, -0.2) is 0 Å². The minimum atomic E-state index is 0.961. The zero-order valence-electron chi connectivity index (χ0n) is 8.88. The van der Waals surface area contributed by atoms with E-state index in [0.29, 0.717) is 0 Å².